The van der Waals surface area contributed by atoms with Crippen molar-refractivity contribution in [1.82, 2.24) is 0 Å². The van der Waals surface area contributed by atoms with Gasteiger partial charge in [-0.15, -0.1) is 0 Å². The summed E-state index contributed by atoms with van der Waals surface area (Å²) in [6.07, 6.45) is 11.5. The van der Waals surface area contributed by atoms with Crippen molar-refractivity contribution < 1.29 is 14.6 Å². The molecule has 4 unspecified atom stereocenters. The first-order valence-corrected chi connectivity index (χ1v) is 12.0. The Bertz CT molecular complexity index is 834. The Morgan fingerprint density at radius 1 is 1.20 bits per heavy atom. The van der Waals surface area contributed by atoms with Crippen molar-refractivity contribution >= 4 is 17.6 Å². The summed E-state index contributed by atoms with van der Waals surface area (Å²) in [6.45, 7) is 10.0. The summed E-state index contributed by atoms with van der Waals surface area (Å²) >= 11 is 6.08. The fourth-order valence-electron chi connectivity index (χ4n) is 7.44. The smallest absolute Gasteiger partial charge is 0.339 e. The minimum Gasteiger partial charge on any atom is -0.493 e. The number of aromatic carboxylic acids is 1. The zero-order chi connectivity index (χ0) is 21.5. The molecule has 30 heavy (non-hydrogen) atoms. The van der Waals surface area contributed by atoms with E-state index < -0.39 is 5.97 Å². The van der Waals surface area contributed by atoms with Gasteiger partial charge in [-0.2, -0.15) is 0 Å². The predicted octanol–water partition coefficient (Wildman–Crippen LogP) is 7.39. The van der Waals surface area contributed by atoms with Crippen molar-refractivity contribution in [2.45, 2.75) is 71.6 Å². The van der Waals surface area contributed by atoms with Crippen LogP contribution in [0.5, 0.6) is 5.75 Å². The van der Waals surface area contributed by atoms with Gasteiger partial charge in [-0.05, 0) is 91.7 Å². The molecule has 5 atom stereocenters. The van der Waals surface area contributed by atoms with E-state index in [0.29, 0.717) is 28.7 Å². The molecule has 3 fully saturated rings. The van der Waals surface area contributed by atoms with Gasteiger partial charge < -0.3 is 9.84 Å². The van der Waals surface area contributed by atoms with Crippen LogP contribution in [0.4, 0.5) is 0 Å². The normalized spacial score (nSPS) is 36.0. The highest BCUT2D eigenvalue weighted by Gasteiger charge is 2.57. The molecule has 0 bridgehead atoms. The van der Waals surface area contributed by atoms with E-state index >= 15 is 0 Å². The average molecular weight is 431 g/mol. The lowest BCUT2D eigenvalue weighted by Gasteiger charge is -2.63. The van der Waals surface area contributed by atoms with Crippen LogP contribution in [0.1, 0.15) is 82.0 Å². The third-order valence-electron chi connectivity index (χ3n) is 8.96. The Hall–Kier alpha value is -1.48. The van der Waals surface area contributed by atoms with E-state index in [-0.39, 0.29) is 11.0 Å². The van der Waals surface area contributed by atoms with Gasteiger partial charge in [0.2, 0.25) is 0 Å². The molecule has 4 heteroatoms. The minimum absolute atomic E-state index is 0.168. The molecule has 0 heterocycles. The van der Waals surface area contributed by atoms with Gasteiger partial charge in [-0.1, -0.05) is 50.4 Å². The first-order chi connectivity index (χ1) is 14.3. The number of hydrogen-bond acceptors (Lipinski definition) is 2. The highest BCUT2D eigenvalue weighted by molar-refractivity contribution is 6.30. The second-order valence-corrected chi connectivity index (χ2v) is 10.8. The largest absolute Gasteiger partial charge is 0.493 e. The number of fused-ring (bicyclic) bond motifs is 3. The van der Waals surface area contributed by atoms with Crippen molar-refractivity contribution in [2.24, 2.45) is 28.6 Å². The molecule has 0 saturated heterocycles. The number of carbonyl (C=O) groups is 1. The highest BCUT2D eigenvalue weighted by Crippen LogP contribution is 2.66. The number of rotatable bonds is 5. The molecule has 1 aromatic carbocycles. The molecule has 1 aromatic rings. The Kier molecular flexibility index (Phi) is 5.96. The van der Waals surface area contributed by atoms with Gasteiger partial charge in [-0.25, -0.2) is 4.79 Å². The molecular weight excluding hydrogens is 396 g/mol. The van der Waals surface area contributed by atoms with Gasteiger partial charge in [-0.3, -0.25) is 0 Å². The molecule has 0 spiro atoms. The molecule has 164 valence electrons. The van der Waals surface area contributed by atoms with Crippen LogP contribution in [0.25, 0.3) is 0 Å². The Labute approximate surface area is 185 Å². The Morgan fingerprint density at radius 3 is 2.77 bits per heavy atom. The lowest BCUT2D eigenvalue weighted by atomic mass is 9.42. The van der Waals surface area contributed by atoms with Crippen LogP contribution in [0.3, 0.4) is 0 Å². The molecule has 1 N–H and O–H groups in total. The van der Waals surface area contributed by atoms with Crippen LogP contribution in [-0.2, 0) is 0 Å². The average Bonchev–Trinajstić information content (AvgIpc) is 2.69. The van der Waals surface area contributed by atoms with Gasteiger partial charge in [0.1, 0.15) is 11.3 Å². The van der Waals surface area contributed by atoms with Crippen LogP contribution in [0.15, 0.2) is 30.4 Å². The molecule has 0 radical (unpaired) electrons. The van der Waals surface area contributed by atoms with E-state index in [1.807, 2.05) is 0 Å². The van der Waals surface area contributed by atoms with Gasteiger partial charge in [0, 0.05) is 5.02 Å². The molecule has 3 nitrogen and oxygen atoms in total. The summed E-state index contributed by atoms with van der Waals surface area (Å²) < 4.78 is 5.98. The van der Waals surface area contributed by atoms with E-state index in [9.17, 15) is 9.90 Å². The van der Waals surface area contributed by atoms with Gasteiger partial charge in [0.05, 0.1) is 6.61 Å². The summed E-state index contributed by atoms with van der Waals surface area (Å²) in [4.78, 5) is 11.5. The summed E-state index contributed by atoms with van der Waals surface area (Å²) in [7, 11) is 0. The lowest BCUT2D eigenvalue weighted by molar-refractivity contribution is -0.117. The number of ether oxygens (including phenoxy) is 1. The van der Waals surface area contributed by atoms with E-state index in [4.69, 9.17) is 16.3 Å². The molecule has 0 amide bonds. The molecule has 3 aliphatic rings. The standard InChI is InChI=1S/C26H35ClO3/c1-17-7-10-23-25(2)13-5-4-6-18(25)11-14-26(23,3)21(17)12-15-30-22-16-19(27)8-9-20(22)24(28)29/h8-9,16,18,21,23H,1,4-7,10-15H2,2-3H3,(H,28,29)/t18?,21?,23?,25-,26?/m1/s1. The SMILES string of the molecule is C=C1CCC2C(C)(CCC3CCCC[C@]32C)C1CCOc1cc(Cl)ccc1C(=O)O. The molecule has 0 aromatic heterocycles. The maximum Gasteiger partial charge on any atom is 0.339 e. The number of carboxylic acid groups (broad SMARTS) is 1. The topological polar surface area (TPSA) is 46.5 Å². The predicted molar refractivity (Wildman–Crippen MR) is 121 cm³/mol. The summed E-state index contributed by atoms with van der Waals surface area (Å²) in [5.41, 5.74) is 2.26. The maximum absolute atomic E-state index is 11.5. The third-order valence-corrected chi connectivity index (χ3v) is 9.19. The number of halogens is 1. The van der Waals surface area contributed by atoms with Crippen molar-refractivity contribution in [3.05, 3.63) is 40.9 Å². The third kappa shape index (κ3) is 3.68. The van der Waals surface area contributed by atoms with Gasteiger partial charge in [0.15, 0.2) is 0 Å². The first-order valence-electron chi connectivity index (χ1n) is 11.6. The lowest BCUT2D eigenvalue weighted by Crippen LogP contribution is -2.55. The van der Waals surface area contributed by atoms with Crippen LogP contribution in [0, 0.1) is 28.6 Å². The van der Waals surface area contributed by atoms with Crippen molar-refractivity contribution in [2.75, 3.05) is 6.61 Å². The highest BCUT2D eigenvalue weighted by atomic mass is 35.5. The fraction of sp³-hybridized carbons (Fsp3) is 0.654. The summed E-state index contributed by atoms with van der Waals surface area (Å²) in [5, 5.41) is 9.94. The van der Waals surface area contributed by atoms with E-state index in [0.717, 1.165) is 24.7 Å². The van der Waals surface area contributed by atoms with Crippen LogP contribution in [0.2, 0.25) is 5.02 Å². The van der Waals surface area contributed by atoms with Crippen molar-refractivity contribution in [1.29, 1.82) is 0 Å². The van der Waals surface area contributed by atoms with Gasteiger partial charge >= 0.3 is 5.97 Å². The number of benzene rings is 1. The molecular formula is C26H35ClO3. The summed E-state index contributed by atoms with van der Waals surface area (Å²) in [5.74, 6) is 1.45. The fourth-order valence-corrected chi connectivity index (χ4v) is 7.60. The van der Waals surface area contributed by atoms with Crippen LogP contribution in [-0.4, -0.2) is 17.7 Å². The van der Waals surface area contributed by atoms with Crippen LogP contribution < -0.4 is 4.74 Å². The molecule has 3 saturated carbocycles. The zero-order valence-corrected chi connectivity index (χ0v) is 19.1. The number of allylic oxidation sites excluding steroid dienone is 1. The molecule has 0 aliphatic heterocycles. The van der Waals surface area contributed by atoms with E-state index in [2.05, 4.69) is 20.4 Å². The summed E-state index contributed by atoms with van der Waals surface area (Å²) in [6, 6.07) is 4.72. The number of hydrogen-bond donors (Lipinski definition) is 1. The number of carboxylic acids is 1. The monoisotopic (exact) mass is 430 g/mol. The van der Waals surface area contributed by atoms with Gasteiger partial charge in [0.25, 0.3) is 0 Å². The Morgan fingerprint density at radius 2 is 2.00 bits per heavy atom. The van der Waals surface area contributed by atoms with Crippen molar-refractivity contribution in [3.8, 4) is 5.75 Å². The second kappa shape index (κ2) is 8.22. The maximum atomic E-state index is 11.5. The van der Waals surface area contributed by atoms with E-state index in [1.54, 1.807) is 12.1 Å². The zero-order valence-electron chi connectivity index (χ0n) is 18.4. The Balaban J connectivity index is 1.51. The van der Waals surface area contributed by atoms with Crippen molar-refractivity contribution in [3.63, 3.8) is 0 Å². The second-order valence-electron chi connectivity index (χ2n) is 10.4. The molecule has 3 aliphatic carbocycles. The quantitative estimate of drug-likeness (QED) is 0.495. The minimum atomic E-state index is -0.987. The molecule has 4 rings (SSSR count). The van der Waals surface area contributed by atoms with E-state index in [1.165, 1.54) is 56.6 Å². The first kappa shape index (κ1) is 21.7. The van der Waals surface area contributed by atoms with Crippen LogP contribution >= 0.6 is 11.6 Å².